The summed E-state index contributed by atoms with van der Waals surface area (Å²) in [5.41, 5.74) is 3.20. The Hall–Kier alpha value is -2.43. The minimum atomic E-state index is -0.0939. The van der Waals surface area contributed by atoms with Crippen LogP contribution in [0.15, 0.2) is 77.7 Å². The highest BCUT2D eigenvalue weighted by atomic mass is 35.5. The molecule has 3 rings (SSSR count). The van der Waals surface area contributed by atoms with Gasteiger partial charge in [-0.3, -0.25) is 4.79 Å². The molecule has 0 heterocycles. The molecular weight excluding hydrogens is 426 g/mol. The van der Waals surface area contributed by atoms with Gasteiger partial charge in [0.25, 0.3) is 5.91 Å². The van der Waals surface area contributed by atoms with E-state index in [1.54, 1.807) is 11.8 Å². The van der Waals surface area contributed by atoms with Crippen molar-refractivity contribution in [2.75, 3.05) is 13.2 Å². The first-order valence-corrected chi connectivity index (χ1v) is 11.7. The second kappa shape index (κ2) is 10.7. The number of thioether (sulfide) groups is 1. The van der Waals surface area contributed by atoms with Crippen LogP contribution in [0.2, 0.25) is 5.02 Å². The summed E-state index contributed by atoms with van der Waals surface area (Å²) in [6, 6.07) is 23.6. The van der Waals surface area contributed by atoms with Crippen LogP contribution in [-0.4, -0.2) is 19.1 Å². The fourth-order valence-electron chi connectivity index (χ4n) is 2.94. The van der Waals surface area contributed by atoms with Crippen molar-refractivity contribution in [1.29, 1.82) is 0 Å². The Bertz CT molecular complexity index is 978. The molecule has 0 unspecified atom stereocenters. The maximum Gasteiger partial charge on any atom is 0.251 e. The van der Waals surface area contributed by atoms with E-state index < -0.39 is 0 Å². The average Bonchev–Trinajstić information content (AvgIpc) is 2.76. The highest BCUT2D eigenvalue weighted by molar-refractivity contribution is 7.98. The molecule has 0 saturated heterocycles. The summed E-state index contributed by atoms with van der Waals surface area (Å²) >= 11 is 7.66. The van der Waals surface area contributed by atoms with Crippen LogP contribution in [0.5, 0.6) is 5.75 Å². The number of nitrogens with one attached hydrogen (secondary N) is 1. The molecule has 0 aliphatic heterocycles. The number of carbonyl (C=O) groups excluding carboxylic acids is 1. The van der Waals surface area contributed by atoms with Crippen molar-refractivity contribution in [3.63, 3.8) is 0 Å². The number of ether oxygens (including phenoxy) is 1. The molecular formula is C26H28ClNO2S. The minimum absolute atomic E-state index is 0.0939. The van der Waals surface area contributed by atoms with Crippen molar-refractivity contribution in [2.24, 2.45) is 0 Å². The molecule has 5 heteroatoms. The molecule has 31 heavy (non-hydrogen) atoms. The van der Waals surface area contributed by atoms with Crippen molar-refractivity contribution >= 4 is 29.3 Å². The molecule has 0 spiro atoms. The molecule has 0 aliphatic rings. The molecule has 3 nitrogen and oxygen atoms in total. The van der Waals surface area contributed by atoms with E-state index in [0.29, 0.717) is 18.7 Å². The number of hydrogen-bond acceptors (Lipinski definition) is 3. The molecule has 0 bridgehead atoms. The molecule has 1 amide bonds. The lowest BCUT2D eigenvalue weighted by Crippen LogP contribution is -2.28. The molecule has 0 fully saturated rings. The first kappa shape index (κ1) is 23.2. The van der Waals surface area contributed by atoms with Crippen LogP contribution < -0.4 is 10.1 Å². The van der Waals surface area contributed by atoms with Gasteiger partial charge in [-0.25, -0.2) is 0 Å². The van der Waals surface area contributed by atoms with Gasteiger partial charge >= 0.3 is 0 Å². The van der Waals surface area contributed by atoms with E-state index in [9.17, 15) is 4.79 Å². The average molecular weight is 454 g/mol. The predicted octanol–water partition coefficient (Wildman–Crippen LogP) is 6.74. The zero-order valence-corrected chi connectivity index (χ0v) is 19.7. The van der Waals surface area contributed by atoms with E-state index in [1.807, 2.05) is 60.7 Å². The van der Waals surface area contributed by atoms with Gasteiger partial charge in [0.2, 0.25) is 0 Å². The second-order valence-corrected chi connectivity index (χ2v) is 9.80. The van der Waals surface area contributed by atoms with Crippen LogP contribution in [-0.2, 0) is 11.2 Å². The van der Waals surface area contributed by atoms with Crippen molar-refractivity contribution in [2.45, 2.75) is 36.8 Å². The molecule has 0 aromatic heterocycles. The van der Waals surface area contributed by atoms with E-state index in [2.05, 4.69) is 38.2 Å². The topological polar surface area (TPSA) is 38.3 Å². The fourth-order valence-corrected chi connectivity index (χ4v) is 3.92. The molecule has 3 aromatic rings. The van der Waals surface area contributed by atoms with Crippen molar-refractivity contribution < 1.29 is 9.53 Å². The molecule has 0 saturated carbocycles. The van der Waals surface area contributed by atoms with Gasteiger partial charge in [0.1, 0.15) is 12.4 Å². The third-order valence-electron chi connectivity index (χ3n) is 4.81. The molecule has 0 atom stereocenters. The van der Waals surface area contributed by atoms with Gasteiger partial charge in [-0.1, -0.05) is 56.6 Å². The third-order valence-corrected chi connectivity index (χ3v) is 6.15. The van der Waals surface area contributed by atoms with Crippen LogP contribution in [0.4, 0.5) is 0 Å². The summed E-state index contributed by atoms with van der Waals surface area (Å²) in [5, 5.41) is 3.65. The Kier molecular flexibility index (Phi) is 8.05. The van der Waals surface area contributed by atoms with Gasteiger partial charge in [-0.2, -0.15) is 0 Å². The first-order chi connectivity index (χ1) is 14.8. The summed E-state index contributed by atoms with van der Waals surface area (Å²) < 4.78 is 5.73. The highest BCUT2D eigenvalue weighted by Gasteiger charge is 2.13. The zero-order chi connectivity index (χ0) is 22.3. The number of amides is 1. The van der Waals surface area contributed by atoms with E-state index in [1.165, 1.54) is 16.0 Å². The number of hydrogen-bond donors (Lipinski definition) is 1. The van der Waals surface area contributed by atoms with E-state index >= 15 is 0 Å². The fraction of sp³-hybridized carbons (Fsp3) is 0.269. The second-order valence-electron chi connectivity index (χ2n) is 8.32. The normalized spacial score (nSPS) is 11.2. The van der Waals surface area contributed by atoms with Gasteiger partial charge in [-0.05, 0) is 65.1 Å². The molecule has 1 N–H and O–H groups in total. The Morgan fingerprint density at radius 3 is 2.19 bits per heavy atom. The summed E-state index contributed by atoms with van der Waals surface area (Å²) in [6.07, 6.45) is 0. The predicted molar refractivity (Wildman–Crippen MR) is 130 cm³/mol. The SMILES string of the molecule is CC(C)(C)c1ccc(OCCNC(=O)c2ccc(CSc3ccc(Cl)cc3)cc2)cc1. The van der Waals surface area contributed by atoms with Crippen LogP contribution in [0.25, 0.3) is 0 Å². The van der Waals surface area contributed by atoms with Crippen molar-refractivity contribution in [3.05, 3.63) is 94.5 Å². The number of benzene rings is 3. The summed E-state index contributed by atoms with van der Waals surface area (Å²) in [4.78, 5) is 13.5. The number of carbonyl (C=O) groups is 1. The monoisotopic (exact) mass is 453 g/mol. The summed E-state index contributed by atoms with van der Waals surface area (Å²) in [5.74, 6) is 1.55. The van der Waals surface area contributed by atoms with Gasteiger partial charge in [0.05, 0.1) is 6.54 Å². The molecule has 0 aliphatic carbocycles. The third kappa shape index (κ3) is 7.34. The Balaban J connectivity index is 1.40. The molecule has 0 radical (unpaired) electrons. The molecule has 3 aromatic carbocycles. The molecule has 162 valence electrons. The Morgan fingerprint density at radius 2 is 1.58 bits per heavy atom. The van der Waals surface area contributed by atoms with E-state index in [4.69, 9.17) is 16.3 Å². The van der Waals surface area contributed by atoms with Crippen LogP contribution in [0.1, 0.15) is 42.3 Å². The van der Waals surface area contributed by atoms with Crippen molar-refractivity contribution in [1.82, 2.24) is 5.32 Å². The number of halogens is 1. The van der Waals surface area contributed by atoms with Gasteiger partial charge in [0.15, 0.2) is 0 Å². The van der Waals surface area contributed by atoms with Gasteiger partial charge < -0.3 is 10.1 Å². The van der Waals surface area contributed by atoms with Crippen molar-refractivity contribution in [3.8, 4) is 5.75 Å². The minimum Gasteiger partial charge on any atom is -0.492 e. The highest BCUT2D eigenvalue weighted by Crippen LogP contribution is 2.25. The maximum atomic E-state index is 12.3. The lowest BCUT2D eigenvalue weighted by atomic mass is 9.87. The van der Waals surface area contributed by atoms with Gasteiger partial charge in [0, 0.05) is 21.2 Å². The standard InChI is InChI=1S/C26H28ClNO2S/c1-26(2,3)21-8-12-23(13-9-21)30-17-16-28-25(29)20-6-4-19(5-7-20)18-31-24-14-10-22(27)11-15-24/h4-15H,16-18H2,1-3H3,(H,28,29). The summed E-state index contributed by atoms with van der Waals surface area (Å²) in [7, 11) is 0. The Morgan fingerprint density at radius 1 is 0.935 bits per heavy atom. The maximum absolute atomic E-state index is 12.3. The quantitative estimate of drug-likeness (QED) is 0.303. The first-order valence-electron chi connectivity index (χ1n) is 10.3. The zero-order valence-electron chi connectivity index (χ0n) is 18.2. The Labute approximate surface area is 194 Å². The van der Waals surface area contributed by atoms with E-state index in [-0.39, 0.29) is 11.3 Å². The largest absolute Gasteiger partial charge is 0.492 e. The van der Waals surface area contributed by atoms with E-state index in [0.717, 1.165) is 16.5 Å². The van der Waals surface area contributed by atoms with Crippen LogP contribution >= 0.6 is 23.4 Å². The summed E-state index contributed by atoms with van der Waals surface area (Å²) in [6.45, 7) is 7.43. The van der Waals surface area contributed by atoms with Crippen LogP contribution in [0.3, 0.4) is 0 Å². The smallest absolute Gasteiger partial charge is 0.251 e. The van der Waals surface area contributed by atoms with Gasteiger partial charge in [-0.15, -0.1) is 11.8 Å². The number of rotatable bonds is 8. The lowest BCUT2D eigenvalue weighted by Gasteiger charge is -2.19. The van der Waals surface area contributed by atoms with Crippen LogP contribution in [0, 0.1) is 0 Å². The lowest BCUT2D eigenvalue weighted by molar-refractivity contribution is 0.0947.